The monoisotopic (exact) mass is 330 g/mol. The van der Waals surface area contributed by atoms with Gasteiger partial charge in [0, 0.05) is 18.7 Å². The molecule has 7 heteroatoms. The standard InChI is InChI=1S/C14H19FN2O2S2/c1-2-10-4-3-7-17(9-10)21(18,19)11-5-6-13(15)12(8-11)14(16)20/h5-6,8,10H,2-4,7,9H2,1H3,(H2,16,20). The molecule has 1 saturated heterocycles. The third-order valence-electron chi connectivity index (χ3n) is 3.90. The number of thiocarbonyl (C=S) groups is 1. The minimum Gasteiger partial charge on any atom is -0.389 e. The molecule has 0 aliphatic carbocycles. The summed E-state index contributed by atoms with van der Waals surface area (Å²) >= 11 is 4.76. The van der Waals surface area contributed by atoms with E-state index in [9.17, 15) is 12.8 Å². The van der Waals surface area contributed by atoms with Crippen LogP contribution in [0.4, 0.5) is 4.39 Å². The summed E-state index contributed by atoms with van der Waals surface area (Å²) in [5.41, 5.74) is 5.40. The van der Waals surface area contributed by atoms with Gasteiger partial charge in [0.05, 0.1) is 4.90 Å². The Labute approximate surface area is 130 Å². The molecule has 1 fully saturated rings. The van der Waals surface area contributed by atoms with Crippen LogP contribution < -0.4 is 5.73 Å². The number of halogens is 1. The fraction of sp³-hybridized carbons (Fsp3) is 0.500. The third-order valence-corrected chi connectivity index (χ3v) is 5.98. The van der Waals surface area contributed by atoms with Gasteiger partial charge < -0.3 is 5.73 Å². The van der Waals surface area contributed by atoms with Gasteiger partial charge in [-0.1, -0.05) is 25.6 Å². The Morgan fingerprint density at radius 3 is 2.86 bits per heavy atom. The molecule has 116 valence electrons. The number of rotatable bonds is 4. The van der Waals surface area contributed by atoms with Crippen molar-refractivity contribution in [1.29, 1.82) is 0 Å². The molecule has 0 radical (unpaired) electrons. The molecule has 1 heterocycles. The summed E-state index contributed by atoms with van der Waals surface area (Å²) in [5, 5.41) is 0. The lowest BCUT2D eigenvalue weighted by atomic mass is 9.97. The molecule has 0 bridgehead atoms. The lowest BCUT2D eigenvalue weighted by molar-refractivity contribution is 0.261. The van der Waals surface area contributed by atoms with Crippen molar-refractivity contribution < 1.29 is 12.8 Å². The number of nitrogens with two attached hydrogens (primary N) is 1. The van der Waals surface area contributed by atoms with Crippen molar-refractivity contribution in [3.63, 3.8) is 0 Å². The summed E-state index contributed by atoms with van der Waals surface area (Å²) in [4.78, 5) is -0.0990. The fourth-order valence-electron chi connectivity index (χ4n) is 2.58. The fourth-order valence-corrected chi connectivity index (χ4v) is 4.32. The van der Waals surface area contributed by atoms with Gasteiger partial charge in [0.1, 0.15) is 10.8 Å². The molecule has 2 rings (SSSR count). The quantitative estimate of drug-likeness (QED) is 0.860. The molecule has 1 aliphatic heterocycles. The van der Waals surface area contributed by atoms with Crippen molar-refractivity contribution in [3.8, 4) is 0 Å². The summed E-state index contributed by atoms with van der Waals surface area (Å²) in [5.74, 6) is -0.226. The summed E-state index contributed by atoms with van der Waals surface area (Å²) < 4.78 is 40.4. The third kappa shape index (κ3) is 3.41. The topological polar surface area (TPSA) is 63.4 Å². The van der Waals surface area contributed by atoms with E-state index in [1.165, 1.54) is 16.4 Å². The Morgan fingerprint density at radius 2 is 2.24 bits per heavy atom. The van der Waals surface area contributed by atoms with Crippen LogP contribution in [0.1, 0.15) is 31.7 Å². The van der Waals surface area contributed by atoms with Crippen LogP contribution in [-0.4, -0.2) is 30.8 Å². The van der Waals surface area contributed by atoms with E-state index >= 15 is 0 Å². The Morgan fingerprint density at radius 1 is 1.52 bits per heavy atom. The van der Waals surface area contributed by atoms with E-state index in [1.807, 2.05) is 0 Å². The minimum absolute atomic E-state index is 0.0323. The number of benzene rings is 1. The van der Waals surface area contributed by atoms with E-state index in [1.54, 1.807) is 0 Å². The molecule has 1 aliphatic rings. The highest BCUT2D eigenvalue weighted by molar-refractivity contribution is 7.89. The second-order valence-corrected chi connectivity index (χ2v) is 7.66. The first-order valence-corrected chi connectivity index (χ1v) is 8.80. The average Bonchev–Trinajstić information content (AvgIpc) is 2.47. The van der Waals surface area contributed by atoms with Crippen molar-refractivity contribution >= 4 is 27.2 Å². The van der Waals surface area contributed by atoms with E-state index in [-0.39, 0.29) is 15.4 Å². The lowest BCUT2D eigenvalue weighted by Crippen LogP contribution is -2.39. The van der Waals surface area contributed by atoms with Crippen LogP contribution in [0.5, 0.6) is 0 Å². The zero-order valence-corrected chi connectivity index (χ0v) is 13.5. The van der Waals surface area contributed by atoms with Gasteiger partial charge in [-0.3, -0.25) is 0 Å². The maximum atomic E-state index is 13.6. The number of sulfonamides is 1. The maximum absolute atomic E-state index is 13.6. The van der Waals surface area contributed by atoms with Crippen LogP contribution >= 0.6 is 12.2 Å². The molecule has 2 N–H and O–H groups in total. The molecule has 1 atom stereocenters. The van der Waals surface area contributed by atoms with Gasteiger partial charge in [-0.05, 0) is 37.0 Å². The molecule has 1 aromatic rings. The molecule has 0 saturated carbocycles. The number of hydrogen-bond acceptors (Lipinski definition) is 3. The lowest BCUT2D eigenvalue weighted by Gasteiger charge is -2.31. The van der Waals surface area contributed by atoms with Gasteiger partial charge in [0.15, 0.2) is 0 Å². The van der Waals surface area contributed by atoms with Gasteiger partial charge in [-0.2, -0.15) is 4.31 Å². The van der Waals surface area contributed by atoms with Crippen molar-refractivity contribution in [2.75, 3.05) is 13.1 Å². The van der Waals surface area contributed by atoms with Gasteiger partial charge in [0.2, 0.25) is 10.0 Å². The van der Waals surface area contributed by atoms with E-state index in [0.29, 0.717) is 19.0 Å². The van der Waals surface area contributed by atoms with Gasteiger partial charge in [-0.25, -0.2) is 12.8 Å². The number of nitrogens with zero attached hydrogens (tertiary/aromatic N) is 1. The van der Waals surface area contributed by atoms with Gasteiger partial charge in [0.25, 0.3) is 0 Å². The summed E-state index contributed by atoms with van der Waals surface area (Å²) in [7, 11) is -3.63. The van der Waals surface area contributed by atoms with Crippen molar-refractivity contribution in [1.82, 2.24) is 4.31 Å². The Balaban J connectivity index is 2.35. The van der Waals surface area contributed by atoms with E-state index < -0.39 is 15.8 Å². The van der Waals surface area contributed by atoms with E-state index in [2.05, 4.69) is 6.92 Å². The van der Waals surface area contributed by atoms with E-state index in [4.69, 9.17) is 18.0 Å². The molecule has 1 unspecified atom stereocenters. The second kappa shape index (κ2) is 6.37. The molecule has 21 heavy (non-hydrogen) atoms. The number of piperidine rings is 1. The molecule has 4 nitrogen and oxygen atoms in total. The largest absolute Gasteiger partial charge is 0.389 e. The molecule has 0 spiro atoms. The smallest absolute Gasteiger partial charge is 0.243 e. The van der Waals surface area contributed by atoms with Crippen molar-refractivity contribution in [3.05, 3.63) is 29.6 Å². The zero-order chi connectivity index (χ0) is 15.6. The van der Waals surface area contributed by atoms with Crippen LogP contribution in [0.25, 0.3) is 0 Å². The second-order valence-electron chi connectivity index (χ2n) is 5.29. The highest BCUT2D eigenvalue weighted by atomic mass is 32.2. The van der Waals surface area contributed by atoms with Crippen molar-refractivity contribution in [2.24, 2.45) is 11.7 Å². The molecular formula is C14H19FN2O2S2. The first kappa shape index (κ1) is 16.3. The maximum Gasteiger partial charge on any atom is 0.243 e. The summed E-state index contributed by atoms with van der Waals surface area (Å²) in [6.07, 6.45) is 2.85. The highest BCUT2D eigenvalue weighted by Crippen LogP contribution is 2.26. The minimum atomic E-state index is -3.63. The molecule has 1 aromatic carbocycles. The Hall–Kier alpha value is -1.05. The number of hydrogen-bond donors (Lipinski definition) is 1. The van der Waals surface area contributed by atoms with Crippen LogP contribution in [0.3, 0.4) is 0 Å². The Kier molecular flexibility index (Phi) is 4.95. The van der Waals surface area contributed by atoms with Crippen LogP contribution in [0, 0.1) is 11.7 Å². The molecule has 0 aromatic heterocycles. The zero-order valence-electron chi connectivity index (χ0n) is 11.9. The van der Waals surface area contributed by atoms with Crippen molar-refractivity contribution in [2.45, 2.75) is 31.1 Å². The summed E-state index contributed by atoms with van der Waals surface area (Å²) in [6.45, 7) is 3.07. The van der Waals surface area contributed by atoms with Gasteiger partial charge in [-0.15, -0.1) is 0 Å². The average molecular weight is 330 g/mol. The summed E-state index contributed by atoms with van der Waals surface area (Å²) in [6, 6.07) is 3.59. The predicted octanol–water partition coefficient (Wildman–Crippen LogP) is 2.27. The first-order chi connectivity index (χ1) is 9.86. The normalized spacial score (nSPS) is 20.4. The SMILES string of the molecule is CCC1CCCN(S(=O)(=O)c2ccc(F)c(C(N)=S)c2)C1. The van der Waals surface area contributed by atoms with Crippen LogP contribution in [0.2, 0.25) is 0 Å². The van der Waals surface area contributed by atoms with Gasteiger partial charge >= 0.3 is 0 Å². The predicted molar refractivity (Wildman–Crippen MR) is 84.1 cm³/mol. The van der Waals surface area contributed by atoms with Crippen LogP contribution in [-0.2, 0) is 10.0 Å². The molecular weight excluding hydrogens is 311 g/mol. The highest BCUT2D eigenvalue weighted by Gasteiger charge is 2.30. The van der Waals surface area contributed by atoms with Crippen LogP contribution in [0.15, 0.2) is 23.1 Å². The first-order valence-electron chi connectivity index (χ1n) is 6.95. The molecule has 0 amide bonds. The Bertz CT molecular complexity index is 646. The van der Waals surface area contributed by atoms with E-state index in [0.717, 1.165) is 25.3 Å².